The predicted octanol–water partition coefficient (Wildman–Crippen LogP) is 3.84. The lowest BCUT2D eigenvalue weighted by molar-refractivity contribution is -0.136. The molecule has 0 bridgehead atoms. The van der Waals surface area contributed by atoms with E-state index in [1.54, 1.807) is 18.2 Å². The Morgan fingerprint density at radius 1 is 1.29 bits per heavy atom. The van der Waals surface area contributed by atoms with Gasteiger partial charge in [-0.1, -0.05) is 15.9 Å². The van der Waals surface area contributed by atoms with Crippen LogP contribution in [0.15, 0.2) is 58.5 Å². The molecule has 3 aromatic rings. The Kier molecular flexibility index (Phi) is 4.38. The van der Waals surface area contributed by atoms with Gasteiger partial charge in [-0.15, -0.1) is 0 Å². The Morgan fingerprint density at radius 3 is 2.82 bits per heavy atom. The van der Waals surface area contributed by atoms with E-state index in [1.165, 1.54) is 29.4 Å². The molecular weight excluding hydrogens is 433 g/mol. The van der Waals surface area contributed by atoms with E-state index in [0.717, 1.165) is 5.52 Å². The van der Waals surface area contributed by atoms with Gasteiger partial charge in [0.15, 0.2) is 5.76 Å². The van der Waals surface area contributed by atoms with Crippen LogP contribution in [0.5, 0.6) is 0 Å². The van der Waals surface area contributed by atoms with Gasteiger partial charge in [-0.05, 0) is 36.4 Å². The van der Waals surface area contributed by atoms with Crippen molar-refractivity contribution >= 4 is 44.5 Å². The first-order valence-corrected chi connectivity index (χ1v) is 9.01. The van der Waals surface area contributed by atoms with E-state index >= 15 is 0 Å². The molecule has 142 valence electrons. The average molecular weight is 446 g/mol. The summed E-state index contributed by atoms with van der Waals surface area (Å²) >= 11 is 3.27. The van der Waals surface area contributed by atoms with Crippen LogP contribution in [0.4, 0.5) is 10.1 Å². The molecule has 3 N–H and O–H groups in total. The number of aromatic amines is 1. The van der Waals surface area contributed by atoms with Gasteiger partial charge in [-0.2, -0.15) is 0 Å². The van der Waals surface area contributed by atoms with Crippen LogP contribution in [0, 0.1) is 5.82 Å². The molecule has 1 unspecified atom stereocenters. The Labute approximate surface area is 166 Å². The van der Waals surface area contributed by atoms with Crippen LogP contribution in [0.25, 0.3) is 11.0 Å². The van der Waals surface area contributed by atoms with Gasteiger partial charge in [0.25, 0.3) is 5.91 Å². The summed E-state index contributed by atoms with van der Waals surface area (Å²) in [5.41, 5.74) is 1.68. The van der Waals surface area contributed by atoms with Crippen molar-refractivity contribution in [3.8, 4) is 0 Å². The normalized spacial score (nSPS) is 17.0. The molecule has 9 heteroatoms. The van der Waals surface area contributed by atoms with Gasteiger partial charge in [0.2, 0.25) is 0 Å². The summed E-state index contributed by atoms with van der Waals surface area (Å²) < 4.78 is 15.2. The lowest BCUT2D eigenvalue weighted by Crippen LogP contribution is -2.31. The van der Waals surface area contributed by atoms with Crippen molar-refractivity contribution in [1.82, 2.24) is 9.97 Å². The van der Waals surface area contributed by atoms with E-state index in [-0.39, 0.29) is 11.1 Å². The van der Waals surface area contributed by atoms with Crippen LogP contribution in [0.2, 0.25) is 0 Å². The fourth-order valence-corrected chi connectivity index (χ4v) is 3.76. The number of anilines is 1. The summed E-state index contributed by atoms with van der Waals surface area (Å²) in [6.07, 6.45) is 0.895. The van der Waals surface area contributed by atoms with Crippen molar-refractivity contribution < 1.29 is 24.2 Å². The number of benzene rings is 2. The molecule has 0 saturated heterocycles. The molecule has 1 amide bonds. The number of imidazole rings is 1. The van der Waals surface area contributed by atoms with Crippen LogP contribution in [0.1, 0.15) is 18.0 Å². The summed E-state index contributed by atoms with van der Waals surface area (Å²) in [6.45, 7) is 0. The molecule has 1 atom stereocenters. The van der Waals surface area contributed by atoms with E-state index in [0.29, 0.717) is 15.7 Å². The average Bonchev–Trinajstić information content (AvgIpc) is 3.21. The van der Waals surface area contributed by atoms with Gasteiger partial charge >= 0.3 is 5.97 Å². The number of carbonyl (C=O) groups excluding carboxylic acids is 1. The van der Waals surface area contributed by atoms with Gasteiger partial charge in [0.05, 0.1) is 29.8 Å². The van der Waals surface area contributed by atoms with Crippen LogP contribution in [0.3, 0.4) is 0 Å². The molecule has 1 aliphatic heterocycles. The van der Waals surface area contributed by atoms with E-state index in [2.05, 4.69) is 25.9 Å². The maximum Gasteiger partial charge on any atom is 0.307 e. The van der Waals surface area contributed by atoms with Gasteiger partial charge < -0.3 is 15.2 Å². The number of amides is 1. The first kappa shape index (κ1) is 18.2. The van der Waals surface area contributed by atoms with Crippen LogP contribution in [-0.4, -0.2) is 32.1 Å². The van der Waals surface area contributed by atoms with Crippen LogP contribution >= 0.6 is 15.9 Å². The molecule has 2 aromatic carbocycles. The zero-order valence-electron chi connectivity index (χ0n) is 14.2. The minimum Gasteiger partial charge on any atom is -0.503 e. The Hall–Kier alpha value is -3.20. The number of fused-ring (bicyclic) bond motifs is 1. The van der Waals surface area contributed by atoms with Crippen LogP contribution in [-0.2, 0) is 9.59 Å². The minimum atomic E-state index is -1.24. The number of hydrogen-bond acceptors (Lipinski definition) is 4. The highest BCUT2D eigenvalue weighted by atomic mass is 79.9. The molecule has 0 saturated carbocycles. The smallest absolute Gasteiger partial charge is 0.307 e. The van der Waals surface area contributed by atoms with Gasteiger partial charge in [0.1, 0.15) is 5.82 Å². The third-order valence-corrected chi connectivity index (χ3v) is 5.08. The second kappa shape index (κ2) is 6.75. The van der Waals surface area contributed by atoms with Gasteiger partial charge in [-0.25, -0.2) is 9.37 Å². The minimum absolute atomic E-state index is 0.0726. The highest BCUT2D eigenvalue weighted by Crippen LogP contribution is 2.43. The second-order valence-electron chi connectivity index (χ2n) is 6.29. The van der Waals surface area contributed by atoms with E-state index in [4.69, 9.17) is 0 Å². The number of nitrogens with one attached hydrogen (secondary N) is 1. The Balaban J connectivity index is 1.91. The maximum absolute atomic E-state index is 14.7. The molecule has 28 heavy (non-hydrogen) atoms. The monoisotopic (exact) mass is 445 g/mol. The van der Waals surface area contributed by atoms with E-state index in [1.807, 2.05) is 0 Å². The van der Waals surface area contributed by atoms with Gasteiger partial charge in [-0.3, -0.25) is 14.5 Å². The van der Waals surface area contributed by atoms with Crippen molar-refractivity contribution in [3.63, 3.8) is 0 Å². The zero-order valence-corrected chi connectivity index (χ0v) is 15.8. The first-order valence-electron chi connectivity index (χ1n) is 8.22. The predicted molar refractivity (Wildman–Crippen MR) is 102 cm³/mol. The fourth-order valence-electron chi connectivity index (χ4n) is 3.38. The van der Waals surface area contributed by atoms with Crippen molar-refractivity contribution in [3.05, 3.63) is 69.9 Å². The number of aliphatic hydroxyl groups excluding tert-OH is 1. The van der Waals surface area contributed by atoms with Gasteiger partial charge in [0, 0.05) is 21.3 Å². The number of carboxylic acids is 1. The number of carboxylic acid groups (broad SMARTS) is 1. The number of H-pyrrole nitrogens is 1. The molecule has 0 aliphatic carbocycles. The summed E-state index contributed by atoms with van der Waals surface area (Å²) in [5.74, 6) is -3.34. The van der Waals surface area contributed by atoms with Crippen molar-refractivity contribution in [2.75, 3.05) is 4.90 Å². The summed E-state index contributed by atoms with van der Waals surface area (Å²) in [6, 6.07) is 8.02. The molecule has 0 radical (unpaired) electrons. The number of carbonyl (C=O) groups is 2. The van der Waals surface area contributed by atoms with E-state index < -0.39 is 35.9 Å². The van der Waals surface area contributed by atoms with Crippen molar-refractivity contribution in [2.24, 2.45) is 0 Å². The number of aliphatic hydroxyl groups is 1. The summed E-state index contributed by atoms with van der Waals surface area (Å²) in [5, 5.41) is 19.6. The number of aliphatic carboxylic acids is 1. The standard InChI is InChI=1S/C19H13BrFN3O4/c20-9-1-3-13(21)11(5-9)17-12(7-16(25)26)18(27)19(28)24(17)10-2-4-14-15(6-10)23-8-22-14/h1-6,8,17,27H,7H2,(H,22,23)(H,25,26). The highest BCUT2D eigenvalue weighted by molar-refractivity contribution is 9.10. The quantitative estimate of drug-likeness (QED) is 0.565. The molecule has 0 fully saturated rings. The van der Waals surface area contributed by atoms with Crippen LogP contribution < -0.4 is 4.90 Å². The highest BCUT2D eigenvalue weighted by Gasteiger charge is 2.43. The topological polar surface area (TPSA) is 107 Å². The second-order valence-corrected chi connectivity index (χ2v) is 7.21. The fraction of sp³-hybridized carbons (Fsp3) is 0.105. The molecule has 7 nitrogen and oxygen atoms in total. The number of halogens is 2. The summed E-state index contributed by atoms with van der Waals surface area (Å²) in [7, 11) is 0. The number of aromatic nitrogens is 2. The SMILES string of the molecule is O=C(O)CC1=C(O)C(=O)N(c2ccc3[nH]cnc3c2)C1c1cc(Br)ccc1F. The molecule has 0 spiro atoms. The maximum atomic E-state index is 14.7. The molecule has 4 rings (SSSR count). The molecular formula is C19H13BrFN3O4. The van der Waals surface area contributed by atoms with Crippen molar-refractivity contribution in [2.45, 2.75) is 12.5 Å². The molecule has 1 aromatic heterocycles. The number of hydrogen-bond donors (Lipinski definition) is 3. The summed E-state index contributed by atoms with van der Waals surface area (Å²) in [4.78, 5) is 32.4. The van der Waals surface area contributed by atoms with E-state index in [9.17, 15) is 24.2 Å². The third kappa shape index (κ3) is 2.93. The number of rotatable bonds is 4. The molecule has 1 aliphatic rings. The first-order chi connectivity index (χ1) is 13.4. The lowest BCUT2D eigenvalue weighted by Gasteiger charge is -2.27. The molecule has 2 heterocycles. The third-order valence-electron chi connectivity index (χ3n) is 4.59. The lowest BCUT2D eigenvalue weighted by atomic mass is 9.96. The Morgan fingerprint density at radius 2 is 2.07 bits per heavy atom. The zero-order chi connectivity index (χ0) is 20.0. The van der Waals surface area contributed by atoms with Crippen molar-refractivity contribution in [1.29, 1.82) is 0 Å². The number of nitrogens with zero attached hydrogens (tertiary/aromatic N) is 2. The largest absolute Gasteiger partial charge is 0.503 e. The Bertz CT molecular complexity index is 1160.